The van der Waals surface area contributed by atoms with Gasteiger partial charge in [0.05, 0.1) is 4.90 Å². The van der Waals surface area contributed by atoms with Gasteiger partial charge in [-0.2, -0.15) is 0 Å². The van der Waals surface area contributed by atoms with E-state index in [1.54, 1.807) is 12.1 Å². The molecule has 0 spiro atoms. The molecule has 1 saturated carbocycles. The second kappa shape index (κ2) is 8.88. The first-order valence-corrected chi connectivity index (χ1v) is 12.1. The van der Waals surface area contributed by atoms with Gasteiger partial charge >= 0.3 is 0 Å². The molecule has 1 aliphatic carbocycles. The van der Waals surface area contributed by atoms with Gasteiger partial charge in [-0.05, 0) is 86.7 Å². The first kappa shape index (κ1) is 21.0. The predicted octanol–water partition coefficient (Wildman–Crippen LogP) is 3.61. The third-order valence-electron chi connectivity index (χ3n) is 5.82. The minimum Gasteiger partial charge on any atom is -0.322 e. The van der Waals surface area contributed by atoms with Gasteiger partial charge in [-0.1, -0.05) is 19.1 Å². The van der Waals surface area contributed by atoms with Gasteiger partial charge in [0.2, 0.25) is 10.0 Å². The molecule has 160 valence electrons. The molecule has 30 heavy (non-hydrogen) atoms. The Morgan fingerprint density at radius 3 is 2.20 bits per heavy atom. The molecule has 0 atom stereocenters. The van der Waals surface area contributed by atoms with Gasteiger partial charge in [0.25, 0.3) is 5.91 Å². The zero-order valence-corrected chi connectivity index (χ0v) is 18.1. The van der Waals surface area contributed by atoms with Gasteiger partial charge in [-0.15, -0.1) is 0 Å². The minimum absolute atomic E-state index is 0.0550. The van der Waals surface area contributed by atoms with Crippen molar-refractivity contribution >= 4 is 21.6 Å². The van der Waals surface area contributed by atoms with Gasteiger partial charge in [0, 0.05) is 23.8 Å². The van der Waals surface area contributed by atoms with E-state index in [-0.39, 0.29) is 16.8 Å². The van der Waals surface area contributed by atoms with E-state index < -0.39 is 10.0 Å². The molecule has 1 heterocycles. The van der Waals surface area contributed by atoms with Crippen LogP contribution in [0.2, 0.25) is 0 Å². The molecular weight excluding hydrogens is 398 g/mol. The van der Waals surface area contributed by atoms with Crippen molar-refractivity contribution in [1.82, 2.24) is 9.62 Å². The number of nitrogens with zero attached hydrogens (tertiary/aromatic N) is 1. The topological polar surface area (TPSA) is 78.5 Å². The lowest BCUT2D eigenvalue weighted by Gasteiger charge is -2.30. The lowest BCUT2D eigenvalue weighted by atomic mass is 9.99. The molecule has 6 nitrogen and oxygen atoms in total. The highest BCUT2D eigenvalue weighted by Gasteiger charge is 2.28. The first-order chi connectivity index (χ1) is 14.4. The van der Waals surface area contributed by atoms with Crippen molar-refractivity contribution in [3.05, 3.63) is 59.7 Å². The van der Waals surface area contributed by atoms with Crippen molar-refractivity contribution in [3.63, 3.8) is 0 Å². The predicted molar refractivity (Wildman–Crippen MR) is 118 cm³/mol. The van der Waals surface area contributed by atoms with Crippen molar-refractivity contribution < 1.29 is 13.2 Å². The number of amides is 1. The summed E-state index contributed by atoms with van der Waals surface area (Å²) in [7, 11) is -3.50. The number of nitrogens with one attached hydrogen (secondary N) is 2. The summed E-state index contributed by atoms with van der Waals surface area (Å²) in [4.78, 5) is 15.2. The molecule has 1 saturated heterocycles. The third kappa shape index (κ3) is 5.47. The molecule has 0 bridgehead atoms. The molecule has 0 unspecified atom stereocenters. The number of sulfonamides is 1. The summed E-state index contributed by atoms with van der Waals surface area (Å²) < 4.78 is 27.1. The van der Waals surface area contributed by atoms with Crippen LogP contribution in [0.25, 0.3) is 0 Å². The molecule has 2 aromatic rings. The molecule has 0 aromatic heterocycles. The van der Waals surface area contributed by atoms with E-state index in [0.717, 1.165) is 44.1 Å². The zero-order valence-electron chi connectivity index (χ0n) is 17.3. The van der Waals surface area contributed by atoms with Crippen LogP contribution in [0.3, 0.4) is 0 Å². The average Bonchev–Trinajstić information content (AvgIpc) is 3.54. The Bertz CT molecular complexity index is 975. The van der Waals surface area contributed by atoms with Gasteiger partial charge in [0.1, 0.15) is 0 Å². The Kier molecular flexibility index (Phi) is 6.22. The lowest BCUT2D eigenvalue weighted by Crippen LogP contribution is -2.32. The van der Waals surface area contributed by atoms with Crippen molar-refractivity contribution in [2.75, 3.05) is 18.4 Å². The van der Waals surface area contributed by atoms with Crippen LogP contribution < -0.4 is 10.0 Å². The summed E-state index contributed by atoms with van der Waals surface area (Å²) in [6.45, 7) is 5.53. The smallest absolute Gasteiger partial charge is 0.255 e. The van der Waals surface area contributed by atoms with Crippen LogP contribution in [-0.2, 0) is 16.6 Å². The molecule has 4 rings (SSSR count). The number of anilines is 1. The van der Waals surface area contributed by atoms with Crippen LogP contribution in [-0.4, -0.2) is 38.4 Å². The first-order valence-electron chi connectivity index (χ1n) is 10.6. The maximum atomic E-state index is 12.5. The van der Waals surface area contributed by atoms with Crippen molar-refractivity contribution in [2.24, 2.45) is 5.92 Å². The number of rotatable bonds is 7. The summed E-state index contributed by atoms with van der Waals surface area (Å²) in [6.07, 6.45) is 4.28. The maximum Gasteiger partial charge on any atom is 0.255 e. The maximum absolute atomic E-state index is 12.5. The second-order valence-electron chi connectivity index (χ2n) is 8.53. The number of hydrogen-bond acceptors (Lipinski definition) is 4. The summed E-state index contributed by atoms with van der Waals surface area (Å²) in [5, 5.41) is 2.88. The van der Waals surface area contributed by atoms with Gasteiger partial charge in [-0.25, -0.2) is 13.1 Å². The van der Waals surface area contributed by atoms with Crippen LogP contribution in [0, 0.1) is 5.92 Å². The van der Waals surface area contributed by atoms with E-state index >= 15 is 0 Å². The number of likely N-dealkylation sites (tertiary alicyclic amines) is 1. The highest BCUT2D eigenvalue weighted by molar-refractivity contribution is 7.89. The molecule has 1 aliphatic heterocycles. The highest BCUT2D eigenvalue weighted by Crippen LogP contribution is 2.23. The van der Waals surface area contributed by atoms with E-state index in [1.807, 2.05) is 24.3 Å². The fourth-order valence-corrected chi connectivity index (χ4v) is 4.95. The number of carbonyl (C=O) groups is 1. The fraction of sp³-hybridized carbons (Fsp3) is 0.435. The van der Waals surface area contributed by atoms with E-state index in [0.29, 0.717) is 5.56 Å². The Hall–Kier alpha value is -2.22. The monoisotopic (exact) mass is 427 g/mol. The number of piperidine rings is 1. The zero-order chi connectivity index (χ0) is 21.1. The van der Waals surface area contributed by atoms with Crippen molar-refractivity contribution in [3.8, 4) is 0 Å². The average molecular weight is 428 g/mol. The molecular formula is C23H29N3O3S. The Balaban J connectivity index is 1.33. The second-order valence-corrected chi connectivity index (χ2v) is 10.2. The van der Waals surface area contributed by atoms with Crippen molar-refractivity contribution in [1.29, 1.82) is 0 Å². The summed E-state index contributed by atoms with van der Waals surface area (Å²) >= 11 is 0. The van der Waals surface area contributed by atoms with Gasteiger partial charge in [0.15, 0.2) is 0 Å². The molecule has 7 heteroatoms. The quantitative estimate of drug-likeness (QED) is 0.708. The highest BCUT2D eigenvalue weighted by atomic mass is 32.2. The van der Waals surface area contributed by atoms with Gasteiger partial charge < -0.3 is 5.32 Å². The van der Waals surface area contributed by atoms with Crippen LogP contribution >= 0.6 is 0 Å². The van der Waals surface area contributed by atoms with E-state index in [1.165, 1.54) is 30.5 Å². The van der Waals surface area contributed by atoms with Crippen LogP contribution in [0.15, 0.2) is 53.4 Å². The largest absolute Gasteiger partial charge is 0.322 e. The number of hydrogen-bond donors (Lipinski definition) is 2. The van der Waals surface area contributed by atoms with E-state index in [2.05, 4.69) is 21.9 Å². The van der Waals surface area contributed by atoms with Crippen LogP contribution in [0.4, 0.5) is 5.69 Å². The Labute approximate surface area is 178 Å². The summed E-state index contributed by atoms with van der Waals surface area (Å²) in [5.41, 5.74) is 2.38. The Morgan fingerprint density at radius 2 is 1.60 bits per heavy atom. The minimum atomic E-state index is -3.50. The SMILES string of the molecule is CC1CCN(Cc2ccc(NC(=O)c3ccc(S(=O)(=O)NC4CC4)cc3)cc2)CC1. The standard InChI is InChI=1S/C23H29N3O3S/c1-17-12-14-26(15-13-17)16-18-2-6-20(7-3-18)24-23(27)19-4-10-22(11-5-19)30(28,29)25-21-8-9-21/h2-7,10-11,17,21,25H,8-9,12-16H2,1H3,(H,24,27). The van der Waals surface area contributed by atoms with Crippen LogP contribution in [0.5, 0.6) is 0 Å². The van der Waals surface area contributed by atoms with Crippen LogP contribution in [0.1, 0.15) is 48.5 Å². The lowest BCUT2D eigenvalue weighted by molar-refractivity contribution is 0.102. The molecule has 0 radical (unpaired) electrons. The van der Waals surface area contributed by atoms with Gasteiger partial charge in [-0.3, -0.25) is 9.69 Å². The molecule has 1 amide bonds. The summed E-state index contributed by atoms with van der Waals surface area (Å²) in [5.74, 6) is 0.564. The molecule has 2 aliphatic rings. The normalized spacial score (nSPS) is 18.3. The molecule has 2 fully saturated rings. The Morgan fingerprint density at radius 1 is 0.967 bits per heavy atom. The molecule has 2 aromatic carbocycles. The molecule has 2 N–H and O–H groups in total. The number of carbonyl (C=O) groups excluding carboxylic acids is 1. The fourth-order valence-electron chi connectivity index (χ4n) is 3.65. The summed E-state index contributed by atoms with van der Waals surface area (Å²) in [6, 6.07) is 14.0. The van der Waals surface area contributed by atoms with Crippen molar-refractivity contribution in [2.45, 2.75) is 50.1 Å². The van der Waals surface area contributed by atoms with E-state index in [4.69, 9.17) is 0 Å². The third-order valence-corrected chi connectivity index (χ3v) is 7.36. The number of benzene rings is 2. The van der Waals surface area contributed by atoms with E-state index in [9.17, 15) is 13.2 Å².